The minimum Gasteiger partial charge on any atom is -0.351 e. The van der Waals surface area contributed by atoms with Crippen LogP contribution in [0.15, 0.2) is 30.3 Å². The number of hydrogen-bond acceptors (Lipinski definition) is 5. The third-order valence-corrected chi connectivity index (χ3v) is 6.40. The average Bonchev–Trinajstić information content (AvgIpc) is 3.33. The Labute approximate surface area is 169 Å². The molecule has 1 amide bonds. The lowest BCUT2D eigenvalue weighted by Gasteiger charge is -2.37. The monoisotopic (exact) mass is 397 g/mol. The number of hydrogen-bond donors (Lipinski definition) is 2. The number of nitrogens with zero attached hydrogens (tertiary/aromatic N) is 3. The maximum atomic E-state index is 13.2. The predicted molar refractivity (Wildman–Crippen MR) is 113 cm³/mol. The van der Waals surface area contributed by atoms with E-state index in [1.54, 1.807) is 11.3 Å². The molecule has 0 spiro atoms. The van der Waals surface area contributed by atoms with Gasteiger partial charge in [-0.05, 0) is 51.7 Å². The molecule has 7 heteroatoms. The summed E-state index contributed by atoms with van der Waals surface area (Å²) in [5.41, 5.74) is 1.69. The molecule has 148 valence electrons. The number of rotatable bonds is 6. The van der Waals surface area contributed by atoms with Crippen molar-refractivity contribution in [3.05, 3.63) is 46.0 Å². The van der Waals surface area contributed by atoms with E-state index in [1.807, 2.05) is 42.2 Å². The number of amides is 1. The Hall–Kier alpha value is -2.25. The molecule has 2 aromatic heterocycles. The zero-order chi connectivity index (χ0) is 19.5. The average molecular weight is 398 g/mol. The van der Waals surface area contributed by atoms with Crippen LogP contribution in [0.2, 0.25) is 0 Å². The number of aromatic nitrogens is 3. The van der Waals surface area contributed by atoms with Crippen molar-refractivity contribution < 1.29 is 4.79 Å². The third-order valence-electron chi connectivity index (χ3n) is 5.56. The lowest BCUT2D eigenvalue weighted by atomic mass is 9.89. The second-order valence-corrected chi connectivity index (χ2v) is 8.74. The number of aromatic amines is 1. The summed E-state index contributed by atoms with van der Waals surface area (Å²) >= 11 is 1.64. The van der Waals surface area contributed by atoms with Crippen LogP contribution in [-0.4, -0.2) is 44.6 Å². The number of fused-ring (bicyclic) bond motifs is 1. The van der Waals surface area contributed by atoms with E-state index in [0.717, 1.165) is 59.7 Å². The molecule has 2 atom stereocenters. The van der Waals surface area contributed by atoms with E-state index < -0.39 is 0 Å². The SMILES string of the molecule is CCN(C(=O)c1cc2ccccc2[nH]1)[C@H]1CCC[C@@H](NCc2nnc(C)s2)C1. The van der Waals surface area contributed by atoms with Gasteiger partial charge in [0.1, 0.15) is 15.7 Å². The fourth-order valence-corrected chi connectivity index (χ4v) is 4.84. The summed E-state index contributed by atoms with van der Waals surface area (Å²) < 4.78 is 0. The van der Waals surface area contributed by atoms with E-state index in [2.05, 4.69) is 27.4 Å². The molecule has 2 N–H and O–H groups in total. The van der Waals surface area contributed by atoms with Crippen molar-refractivity contribution in [3.8, 4) is 0 Å². The van der Waals surface area contributed by atoms with Crippen LogP contribution in [0.5, 0.6) is 0 Å². The zero-order valence-corrected chi connectivity index (χ0v) is 17.3. The summed E-state index contributed by atoms with van der Waals surface area (Å²) in [6.07, 6.45) is 4.33. The van der Waals surface area contributed by atoms with E-state index >= 15 is 0 Å². The molecule has 6 nitrogen and oxygen atoms in total. The summed E-state index contributed by atoms with van der Waals surface area (Å²) in [5.74, 6) is 0.101. The lowest BCUT2D eigenvalue weighted by Crippen LogP contribution is -2.46. The second-order valence-electron chi connectivity index (χ2n) is 7.47. The fourth-order valence-electron chi connectivity index (χ4n) is 4.18. The molecule has 1 aliphatic carbocycles. The maximum absolute atomic E-state index is 13.2. The smallest absolute Gasteiger partial charge is 0.270 e. The highest BCUT2D eigenvalue weighted by Crippen LogP contribution is 2.26. The van der Waals surface area contributed by atoms with E-state index in [0.29, 0.717) is 11.7 Å². The molecule has 1 fully saturated rings. The van der Waals surface area contributed by atoms with Crippen LogP contribution < -0.4 is 5.32 Å². The summed E-state index contributed by atoms with van der Waals surface area (Å²) in [4.78, 5) is 18.5. The quantitative estimate of drug-likeness (QED) is 0.662. The Bertz CT molecular complexity index is 916. The first-order chi connectivity index (χ1) is 13.6. The number of H-pyrrole nitrogens is 1. The van der Waals surface area contributed by atoms with Crippen molar-refractivity contribution in [1.82, 2.24) is 25.4 Å². The van der Waals surface area contributed by atoms with E-state index in [1.165, 1.54) is 0 Å². The maximum Gasteiger partial charge on any atom is 0.270 e. The van der Waals surface area contributed by atoms with Crippen LogP contribution in [0, 0.1) is 6.92 Å². The summed E-state index contributed by atoms with van der Waals surface area (Å²) in [6.45, 7) is 5.53. The summed E-state index contributed by atoms with van der Waals surface area (Å²) in [6, 6.07) is 10.7. The van der Waals surface area contributed by atoms with Gasteiger partial charge in [0.05, 0.1) is 0 Å². The first kappa shape index (κ1) is 19.1. The molecule has 0 saturated heterocycles. The highest BCUT2D eigenvalue weighted by Gasteiger charge is 2.30. The van der Waals surface area contributed by atoms with Gasteiger partial charge in [-0.2, -0.15) is 0 Å². The van der Waals surface area contributed by atoms with Crippen LogP contribution >= 0.6 is 11.3 Å². The molecule has 4 rings (SSSR count). The van der Waals surface area contributed by atoms with Gasteiger partial charge in [-0.15, -0.1) is 21.5 Å². The van der Waals surface area contributed by atoms with Crippen molar-refractivity contribution in [1.29, 1.82) is 0 Å². The van der Waals surface area contributed by atoms with Gasteiger partial charge in [0.2, 0.25) is 0 Å². The molecule has 1 aliphatic rings. The number of aryl methyl sites for hydroxylation is 1. The molecular formula is C21H27N5OS. The van der Waals surface area contributed by atoms with Gasteiger partial charge in [0.25, 0.3) is 5.91 Å². The van der Waals surface area contributed by atoms with Gasteiger partial charge in [-0.3, -0.25) is 4.79 Å². The number of carbonyl (C=O) groups is 1. The number of nitrogens with one attached hydrogen (secondary N) is 2. The van der Waals surface area contributed by atoms with Gasteiger partial charge in [-0.1, -0.05) is 18.2 Å². The topological polar surface area (TPSA) is 73.9 Å². The van der Waals surface area contributed by atoms with Crippen LogP contribution in [0.25, 0.3) is 10.9 Å². The molecule has 3 aromatic rings. The van der Waals surface area contributed by atoms with E-state index in [-0.39, 0.29) is 11.9 Å². The van der Waals surface area contributed by atoms with Crippen molar-refractivity contribution in [2.75, 3.05) is 6.54 Å². The number of para-hydroxylation sites is 1. The molecule has 0 bridgehead atoms. The zero-order valence-electron chi connectivity index (χ0n) is 16.4. The third kappa shape index (κ3) is 4.10. The van der Waals surface area contributed by atoms with Crippen molar-refractivity contribution in [2.24, 2.45) is 0 Å². The van der Waals surface area contributed by atoms with E-state index in [9.17, 15) is 4.79 Å². The molecule has 0 aliphatic heterocycles. The Morgan fingerprint density at radius 2 is 2.18 bits per heavy atom. The minimum atomic E-state index is 0.101. The minimum absolute atomic E-state index is 0.101. The van der Waals surface area contributed by atoms with Crippen molar-refractivity contribution in [3.63, 3.8) is 0 Å². The standard InChI is InChI=1S/C21H27N5OS/c1-3-26(21(27)19-11-15-7-4-5-10-18(15)23-19)17-9-6-8-16(12-17)22-13-20-25-24-14(2)28-20/h4-5,7,10-11,16-17,22-23H,3,6,8-9,12-13H2,1-2H3/t16-,17+/m1/s1. The van der Waals surface area contributed by atoms with Crippen LogP contribution in [0.3, 0.4) is 0 Å². The normalized spacial score (nSPS) is 19.8. The summed E-state index contributed by atoms with van der Waals surface area (Å²) in [5, 5.41) is 15.0. The Morgan fingerprint density at radius 3 is 2.93 bits per heavy atom. The Kier molecular flexibility index (Phi) is 5.73. The van der Waals surface area contributed by atoms with Gasteiger partial charge >= 0.3 is 0 Å². The highest BCUT2D eigenvalue weighted by molar-refractivity contribution is 7.11. The van der Waals surface area contributed by atoms with Gasteiger partial charge in [-0.25, -0.2) is 0 Å². The first-order valence-corrected chi connectivity index (χ1v) is 10.9. The number of carbonyl (C=O) groups excluding carboxylic acids is 1. The molecule has 0 radical (unpaired) electrons. The van der Waals surface area contributed by atoms with Crippen LogP contribution in [-0.2, 0) is 6.54 Å². The van der Waals surface area contributed by atoms with Crippen LogP contribution in [0.4, 0.5) is 0 Å². The molecule has 28 heavy (non-hydrogen) atoms. The largest absolute Gasteiger partial charge is 0.351 e. The first-order valence-electron chi connectivity index (χ1n) is 10.0. The fraction of sp³-hybridized carbons (Fsp3) is 0.476. The predicted octanol–water partition coefficient (Wildman–Crippen LogP) is 3.89. The molecule has 1 aromatic carbocycles. The van der Waals surface area contributed by atoms with Gasteiger partial charge in [0.15, 0.2) is 0 Å². The summed E-state index contributed by atoms with van der Waals surface area (Å²) in [7, 11) is 0. The molecule has 0 unspecified atom stereocenters. The molecule has 2 heterocycles. The molecular weight excluding hydrogens is 370 g/mol. The molecule has 1 saturated carbocycles. The highest BCUT2D eigenvalue weighted by atomic mass is 32.1. The van der Waals surface area contributed by atoms with E-state index in [4.69, 9.17) is 0 Å². The Morgan fingerprint density at radius 1 is 1.32 bits per heavy atom. The van der Waals surface area contributed by atoms with Crippen molar-refractivity contribution >= 4 is 28.1 Å². The van der Waals surface area contributed by atoms with Gasteiger partial charge < -0.3 is 15.2 Å². The number of benzene rings is 1. The lowest BCUT2D eigenvalue weighted by molar-refractivity contribution is 0.0623. The van der Waals surface area contributed by atoms with Gasteiger partial charge in [0, 0.05) is 36.1 Å². The van der Waals surface area contributed by atoms with Crippen LogP contribution in [0.1, 0.15) is 53.1 Å². The van der Waals surface area contributed by atoms with Crippen molar-refractivity contribution in [2.45, 2.75) is 58.2 Å². The second kappa shape index (κ2) is 8.41. The Balaban J connectivity index is 1.42.